The highest BCUT2D eigenvalue weighted by molar-refractivity contribution is 8.27. The molecule has 0 atom stereocenters. The first-order chi connectivity index (χ1) is 9.75. The lowest BCUT2D eigenvalue weighted by Gasteiger charge is -2.13. The Morgan fingerprint density at radius 2 is 1.80 bits per heavy atom. The number of hydrogen-bond acceptors (Lipinski definition) is 4. The van der Waals surface area contributed by atoms with Gasteiger partial charge in [0.05, 0.1) is 10.6 Å². The summed E-state index contributed by atoms with van der Waals surface area (Å²) in [7, 11) is 0. The Bertz CT molecular complexity index is 684. The van der Waals surface area contributed by atoms with Crippen LogP contribution in [0.2, 0.25) is 0 Å². The molecular weight excluding hydrogens is 288 g/mol. The molecule has 0 N–H and O–H groups in total. The predicted octanol–water partition coefficient (Wildman–Crippen LogP) is 3.49. The Kier molecular flexibility index (Phi) is 3.62. The van der Waals surface area contributed by atoms with E-state index in [4.69, 9.17) is 12.2 Å². The number of hydrogen-bond donors (Lipinski definition) is 0. The van der Waals surface area contributed by atoms with Crippen molar-refractivity contribution in [2.75, 3.05) is 4.90 Å². The van der Waals surface area contributed by atoms with Crippen LogP contribution in [0.5, 0.6) is 0 Å². The second-order valence-corrected chi connectivity index (χ2v) is 5.81. The quantitative estimate of drug-likeness (QED) is 0.628. The number of carbonyl (C=O) groups is 1. The molecule has 0 saturated carbocycles. The first-order valence-electron chi connectivity index (χ1n) is 5.99. The molecule has 0 aliphatic carbocycles. The third kappa shape index (κ3) is 2.50. The minimum absolute atomic E-state index is 0.0805. The number of nitrogens with zero attached hydrogens (tertiary/aromatic N) is 2. The lowest BCUT2D eigenvalue weighted by Crippen LogP contribution is -2.27. The van der Waals surface area contributed by atoms with Crippen LogP contribution in [0.1, 0.15) is 5.56 Å². The summed E-state index contributed by atoms with van der Waals surface area (Å²) in [4.78, 5) is 18.6. The summed E-state index contributed by atoms with van der Waals surface area (Å²) in [5, 5.41) is 0. The van der Waals surface area contributed by atoms with Crippen molar-refractivity contribution >= 4 is 46.0 Å². The molecule has 0 bridgehead atoms. The van der Waals surface area contributed by atoms with E-state index in [9.17, 15) is 4.79 Å². The van der Waals surface area contributed by atoms with E-state index in [1.165, 1.54) is 11.8 Å². The van der Waals surface area contributed by atoms with E-state index in [1.807, 2.05) is 48.5 Å². The lowest BCUT2D eigenvalue weighted by atomic mass is 10.2. The molecule has 1 amide bonds. The van der Waals surface area contributed by atoms with Gasteiger partial charge in [-0.05, 0) is 35.9 Å². The number of pyridine rings is 1. The van der Waals surface area contributed by atoms with Crippen LogP contribution in [0.3, 0.4) is 0 Å². The second-order valence-electron chi connectivity index (χ2n) is 4.13. The lowest BCUT2D eigenvalue weighted by molar-refractivity contribution is -0.113. The topological polar surface area (TPSA) is 33.2 Å². The summed E-state index contributed by atoms with van der Waals surface area (Å²) in [6.07, 6.45) is 5.23. The van der Waals surface area contributed by atoms with E-state index in [0.717, 1.165) is 11.3 Å². The van der Waals surface area contributed by atoms with E-state index < -0.39 is 0 Å². The van der Waals surface area contributed by atoms with Crippen LogP contribution in [0.4, 0.5) is 5.69 Å². The van der Waals surface area contributed by atoms with Crippen molar-refractivity contribution in [3.8, 4) is 0 Å². The number of carbonyl (C=O) groups excluding carboxylic acids is 1. The Morgan fingerprint density at radius 3 is 2.50 bits per heavy atom. The number of rotatable bonds is 2. The molecule has 1 aliphatic rings. The van der Waals surface area contributed by atoms with Crippen molar-refractivity contribution < 1.29 is 4.79 Å². The van der Waals surface area contributed by atoms with Gasteiger partial charge in [0.1, 0.15) is 0 Å². The van der Waals surface area contributed by atoms with Crippen LogP contribution >= 0.6 is 24.0 Å². The third-order valence-corrected chi connectivity index (χ3v) is 4.11. The fourth-order valence-corrected chi connectivity index (χ4v) is 3.18. The van der Waals surface area contributed by atoms with Gasteiger partial charge in [0.25, 0.3) is 5.91 Å². The molecule has 0 radical (unpaired) electrons. The van der Waals surface area contributed by atoms with Crippen molar-refractivity contribution in [2.24, 2.45) is 0 Å². The SMILES string of the molecule is O=C1/C(=C/c2ccncc2)SC(=S)N1c1ccccc1. The molecule has 0 spiro atoms. The molecule has 1 saturated heterocycles. The molecule has 98 valence electrons. The summed E-state index contributed by atoms with van der Waals surface area (Å²) in [6, 6.07) is 13.2. The van der Waals surface area contributed by atoms with Crippen molar-refractivity contribution in [1.29, 1.82) is 0 Å². The number of thiocarbonyl (C=S) groups is 1. The monoisotopic (exact) mass is 298 g/mol. The largest absolute Gasteiger partial charge is 0.270 e. The number of thioether (sulfide) groups is 1. The maximum absolute atomic E-state index is 12.5. The zero-order valence-electron chi connectivity index (χ0n) is 10.4. The standard InChI is InChI=1S/C15H10N2OS2/c18-14-13(10-11-6-8-16-9-7-11)20-15(19)17(14)12-4-2-1-3-5-12/h1-10H/b13-10-. The summed E-state index contributed by atoms with van der Waals surface area (Å²) < 4.78 is 0.557. The Morgan fingerprint density at radius 1 is 1.10 bits per heavy atom. The van der Waals surface area contributed by atoms with E-state index >= 15 is 0 Å². The van der Waals surface area contributed by atoms with E-state index in [2.05, 4.69) is 4.98 Å². The van der Waals surface area contributed by atoms with Gasteiger partial charge >= 0.3 is 0 Å². The second kappa shape index (κ2) is 5.56. The summed E-state index contributed by atoms with van der Waals surface area (Å²) >= 11 is 6.63. The molecule has 0 unspecified atom stereocenters. The molecule has 1 aromatic carbocycles. The van der Waals surface area contributed by atoms with Gasteiger partial charge in [-0.2, -0.15) is 0 Å². The molecule has 3 rings (SSSR count). The summed E-state index contributed by atoms with van der Waals surface area (Å²) in [5.41, 5.74) is 1.74. The van der Waals surface area contributed by atoms with Crippen LogP contribution in [0.25, 0.3) is 6.08 Å². The maximum atomic E-state index is 12.5. The van der Waals surface area contributed by atoms with E-state index in [-0.39, 0.29) is 5.91 Å². The Labute approximate surface area is 126 Å². The summed E-state index contributed by atoms with van der Waals surface area (Å²) in [5.74, 6) is -0.0805. The maximum Gasteiger partial charge on any atom is 0.270 e. The highest BCUT2D eigenvalue weighted by atomic mass is 32.2. The van der Waals surface area contributed by atoms with Crippen molar-refractivity contribution in [3.05, 3.63) is 65.3 Å². The van der Waals surface area contributed by atoms with Gasteiger partial charge in [0, 0.05) is 12.4 Å². The number of anilines is 1. The third-order valence-electron chi connectivity index (χ3n) is 2.81. The Balaban J connectivity index is 1.93. The number of amides is 1. The average molecular weight is 298 g/mol. The van der Waals surface area contributed by atoms with Gasteiger partial charge in [0.15, 0.2) is 4.32 Å². The molecule has 1 fully saturated rings. The van der Waals surface area contributed by atoms with Gasteiger partial charge in [-0.3, -0.25) is 14.7 Å². The predicted molar refractivity (Wildman–Crippen MR) is 86.3 cm³/mol. The van der Waals surface area contributed by atoms with Crippen molar-refractivity contribution in [3.63, 3.8) is 0 Å². The zero-order valence-corrected chi connectivity index (χ0v) is 12.0. The van der Waals surface area contributed by atoms with E-state index in [0.29, 0.717) is 9.23 Å². The van der Waals surface area contributed by atoms with Gasteiger partial charge in [-0.25, -0.2) is 0 Å². The fourth-order valence-electron chi connectivity index (χ4n) is 1.88. The van der Waals surface area contributed by atoms with Gasteiger partial charge in [0.2, 0.25) is 0 Å². The Hall–Kier alpha value is -1.98. The first-order valence-corrected chi connectivity index (χ1v) is 7.21. The first kappa shape index (κ1) is 13.0. The highest BCUT2D eigenvalue weighted by Crippen LogP contribution is 2.35. The van der Waals surface area contributed by atoms with Crippen LogP contribution in [-0.2, 0) is 4.79 Å². The van der Waals surface area contributed by atoms with Crippen molar-refractivity contribution in [2.45, 2.75) is 0 Å². The minimum Gasteiger partial charge on any atom is -0.268 e. The molecule has 5 heteroatoms. The minimum atomic E-state index is -0.0805. The molecule has 1 aromatic heterocycles. The molecule has 1 aliphatic heterocycles. The number of aromatic nitrogens is 1. The van der Waals surface area contributed by atoms with Crippen LogP contribution in [0.15, 0.2) is 59.8 Å². The van der Waals surface area contributed by atoms with E-state index in [1.54, 1.807) is 17.3 Å². The van der Waals surface area contributed by atoms with Gasteiger partial charge < -0.3 is 0 Å². The fraction of sp³-hybridized carbons (Fsp3) is 0. The zero-order chi connectivity index (χ0) is 13.9. The molecule has 2 heterocycles. The molecule has 2 aromatic rings. The smallest absolute Gasteiger partial charge is 0.268 e. The number of para-hydroxylation sites is 1. The molecule has 20 heavy (non-hydrogen) atoms. The van der Waals surface area contributed by atoms with Crippen molar-refractivity contribution in [1.82, 2.24) is 4.98 Å². The highest BCUT2D eigenvalue weighted by Gasteiger charge is 2.32. The van der Waals surface area contributed by atoms with Crippen LogP contribution in [0, 0.1) is 0 Å². The van der Waals surface area contributed by atoms with Crippen LogP contribution in [-0.4, -0.2) is 15.2 Å². The number of benzene rings is 1. The average Bonchev–Trinajstić information content (AvgIpc) is 2.75. The van der Waals surface area contributed by atoms with Gasteiger partial charge in [-0.15, -0.1) is 0 Å². The van der Waals surface area contributed by atoms with Crippen LogP contribution < -0.4 is 4.90 Å². The molecular formula is C15H10N2OS2. The molecule has 3 nitrogen and oxygen atoms in total. The van der Waals surface area contributed by atoms with Gasteiger partial charge in [-0.1, -0.05) is 42.2 Å². The summed E-state index contributed by atoms with van der Waals surface area (Å²) in [6.45, 7) is 0. The normalized spacial score (nSPS) is 17.0.